The van der Waals surface area contributed by atoms with Gasteiger partial charge in [0.2, 0.25) is 5.91 Å². The van der Waals surface area contributed by atoms with E-state index in [1.165, 1.54) is 0 Å². The van der Waals surface area contributed by atoms with Crippen LogP contribution in [0.4, 0.5) is 5.82 Å². The third-order valence-electron chi connectivity index (χ3n) is 5.54. The van der Waals surface area contributed by atoms with Crippen LogP contribution >= 0.6 is 11.6 Å². The maximum atomic E-state index is 12.6. The standard InChI is InChI=1S/C27H23ClN4O3/c1-16-6-9-21(26(34)31-32-27(35)24-17(2)4-3-5-22(24)28)14-20(16)10-7-18-8-13-23(29-15-18)30-25(33)19-11-12-19/h3-6,8-9,13-15,19H,11-12H2,1-2H3,(H,31,34)(H,32,35)(H,29,30,33). The summed E-state index contributed by atoms with van der Waals surface area (Å²) in [5, 5.41) is 3.09. The first kappa shape index (κ1) is 24.0. The van der Waals surface area contributed by atoms with Crippen LogP contribution in [0.5, 0.6) is 0 Å². The Balaban J connectivity index is 1.41. The van der Waals surface area contributed by atoms with Crippen molar-refractivity contribution in [2.45, 2.75) is 26.7 Å². The van der Waals surface area contributed by atoms with Crippen molar-refractivity contribution in [3.8, 4) is 11.8 Å². The van der Waals surface area contributed by atoms with Crippen molar-refractivity contribution < 1.29 is 14.4 Å². The number of carbonyl (C=O) groups excluding carboxylic acids is 3. The minimum atomic E-state index is -0.502. The highest BCUT2D eigenvalue weighted by Crippen LogP contribution is 2.29. The Morgan fingerprint density at radius 1 is 0.943 bits per heavy atom. The van der Waals surface area contributed by atoms with Crippen molar-refractivity contribution in [1.82, 2.24) is 15.8 Å². The first-order valence-corrected chi connectivity index (χ1v) is 11.4. The predicted molar refractivity (Wildman–Crippen MR) is 134 cm³/mol. The summed E-state index contributed by atoms with van der Waals surface area (Å²) in [6, 6.07) is 13.7. The maximum Gasteiger partial charge on any atom is 0.271 e. The quantitative estimate of drug-likeness (QED) is 0.380. The Bertz CT molecular complexity index is 1350. The lowest BCUT2D eigenvalue weighted by Gasteiger charge is -2.11. The fourth-order valence-electron chi connectivity index (χ4n) is 3.32. The Hall–Kier alpha value is -4.15. The van der Waals surface area contributed by atoms with Gasteiger partial charge >= 0.3 is 0 Å². The molecule has 1 aromatic heterocycles. The molecule has 3 amide bonds. The number of anilines is 1. The van der Waals surface area contributed by atoms with E-state index >= 15 is 0 Å². The second kappa shape index (κ2) is 10.4. The Morgan fingerprint density at radius 3 is 2.40 bits per heavy atom. The molecule has 3 N–H and O–H groups in total. The minimum absolute atomic E-state index is 0.000223. The molecular formula is C27H23ClN4O3. The number of hydrogen-bond acceptors (Lipinski definition) is 4. The fraction of sp³-hybridized carbons (Fsp3) is 0.185. The normalized spacial score (nSPS) is 12.2. The number of halogens is 1. The Kier molecular flexibility index (Phi) is 7.14. The first-order chi connectivity index (χ1) is 16.8. The van der Waals surface area contributed by atoms with Gasteiger partial charge in [0.1, 0.15) is 5.82 Å². The van der Waals surface area contributed by atoms with E-state index in [2.05, 4.69) is 33.0 Å². The monoisotopic (exact) mass is 486 g/mol. The molecule has 1 fully saturated rings. The lowest BCUT2D eigenvalue weighted by Crippen LogP contribution is -2.42. The van der Waals surface area contributed by atoms with Crippen LogP contribution in [-0.2, 0) is 4.79 Å². The molecule has 7 nitrogen and oxygen atoms in total. The average Bonchev–Trinajstić information content (AvgIpc) is 3.68. The van der Waals surface area contributed by atoms with Crippen LogP contribution in [0.15, 0.2) is 54.7 Å². The largest absolute Gasteiger partial charge is 0.310 e. The van der Waals surface area contributed by atoms with Crippen LogP contribution < -0.4 is 16.2 Å². The fourth-order valence-corrected chi connectivity index (χ4v) is 3.63. The zero-order valence-electron chi connectivity index (χ0n) is 19.2. The van der Waals surface area contributed by atoms with Crippen molar-refractivity contribution in [2.75, 3.05) is 5.32 Å². The van der Waals surface area contributed by atoms with E-state index in [-0.39, 0.29) is 11.8 Å². The van der Waals surface area contributed by atoms with Gasteiger partial charge in [-0.05, 0) is 68.1 Å². The van der Waals surface area contributed by atoms with Crippen molar-refractivity contribution >= 4 is 35.1 Å². The van der Waals surface area contributed by atoms with Crippen LogP contribution in [0.25, 0.3) is 0 Å². The molecule has 0 saturated heterocycles. The van der Waals surface area contributed by atoms with Crippen LogP contribution in [-0.4, -0.2) is 22.7 Å². The summed E-state index contributed by atoms with van der Waals surface area (Å²) in [5.41, 5.74) is 8.39. The number of aryl methyl sites for hydroxylation is 2. The predicted octanol–water partition coefficient (Wildman–Crippen LogP) is 4.17. The molecule has 1 aliphatic rings. The molecular weight excluding hydrogens is 464 g/mol. The number of nitrogens with one attached hydrogen (secondary N) is 3. The molecule has 0 unspecified atom stereocenters. The summed E-state index contributed by atoms with van der Waals surface area (Å²) in [7, 11) is 0. The number of hydrazine groups is 1. The number of rotatable bonds is 4. The highest BCUT2D eigenvalue weighted by Gasteiger charge is 2.29. The van der Waals surface area contributed by atoms with E-state index in [1.54, 1.807) is 61.7 Å². The SMILES string of the molecule is Cc1ccc(C(=O)NNC(=O)c2c(C)cccc2Cl)cc1C#Cc1ccc(NC(=O)C2CC2)nc1. The number of amides is 3. The third-order valence-corrected chi connectivity index (χ3v) is 5.86. The molecule has 0 atom stereocenters. The van der Waals surface area contributed by atoms with E-state index < -0.39 is 11.8 Å². The smallest absolute Gasteiger partial charge is 0.271 e. The zero-order chi connectivity index (χ0) is 24.9. The number of nitrogens with zero attached hydrogens (tertiary/aromatic N) is 1. The number of benzene rings is 2. The lowest BCUT2D eigenvalue weighted by molar-refractivity contribution is -0.117. The van der Waals surface area contributed by atoms with Crippen molar-refractivity contribution in [3.63, 3.8) is 0 Å². The molecule has 3 aromatic rings. The molecule has 2 aromatic carbocycles. The minimum Gasteiger partial charge on any atom is -0.310 e. The summed E-state index contributed by atoms with van der Waals surface area (Å²) in [4.78, 5) is 41.2. The molecule has 0 bridgehead atoms. The van der Waals surface area contributed by atoms with Gasteiger partial charge < -0.3 is 5.32 Å². The van der Waals surface area contributed by atoms with E-state index in [0.29, 0.717) is 38.7 Å². The van der Waals surface area contributed by atoms with Gasteiger partial charge in [0.15, 0.2) is 0 Å². The molecule has 4 rings (SSSR count). The maximum absolute atomic E-state index is 12.6. The zero-order valence-corrected chi connectivity index (χ0v) is 20.0. The summed E-state index contributed by atoms with van der Waals surface area (Å²) >= 11 is 6.11. The second-order valence-electron chi connectivity index (χ2n) is 8.32. The van der Waals surface area contributed by atoms with Crippen molar-refractivity contribution in [3.05, 3.63) is 93.1 Å². The van der Waals surface area contributed by atoms with Crippen LogP contribution in [0.2, 0.25) is 5.02 Å². The molecule has 0 aliphatic heterocycles. The van der Waals surface area contributed by atoms with Gasteiger partial charge in [-0.15, -0.1) is 0 Å². The average molecular weight is 487 g/mol. The molecule has 35 heavy (non-hydrogen) atoms. The van der Waals surface area contributed by atoms with Gasteiger partial charge in [0.05, 0.1) is 10.6 Å². The second-order valence-corrected chi connectivity index (χ2v) is 8.72. The van der Waals surface area contributed by atoms with Gasteiger partial charge in [0.25, 0.3) is 11.8 Å². The molecule has 1 aliphatic carbocycles. The van der Waals surface area contributed by atoms with Crippen LogP contribution in [0, 0.1) is 31.6 Å². The first-order valence-electron chi connectivity index (χ1n) is 11.1. The van der Waals surface area contributed by atoms with Gasteiger partial charge in [-0.1, -0.05) is 41.6 Å². The summed E-state index contributed by atoms with van der Waals surface area (Å²) in [6.07, 6.45) is 3.45. The number of carbonyl (C=O) groups is 3. The molecule has 176 valence electrons. The number of pyridine rings is 1. The van der Waals surface area contributed by atoms with E-state index in [4.69, 9.17) is 11.6 Å². The van der Waals surface area contributed by atoms with E-state index in [1.807, 2.05) is 6.92 Å². The molecule has 0 spiro atoms. The molecule has 1 saturated carbocycles. The number of aromatic nitrogens is 1. The molecule has 1 heterocycles. The lowest BCUT2D eigenvalue weighted by atomic mass is 10.0. The summed E-state index contributed by atoms with van der Waals surface area (Å²) < 4.78 is 0. The summed E-state index contributed by atoms with van der Waals surface area (Å²) in [5.74, 6) is 5.70. The van der Waals surface area contributed by atoms with E-state index in [0.717, 1.165) is 18.4 Å². The number of hydrogen-bond donors (Lipinski definition) is 3. The van der Waals surface area contributed by atoms with Gasteiger partial charge in [-0.2, -0.15) is 0 Å². The molecule has 0 radical (unpaired) electrons. The Morgan fingerprint density at radius 2 is 1.71 bits per heavy atom. The van der Waals surface area contributed by atoms with Crippen molar-refractivity contribution in [1.29, 1.82) is 0 Å². The van der Waals surface area contributed by atoms with Crippen LogP contribution in [0.3, 0.4) is 0 Å². The van der Waals surface area contributed by atoms with E-state index in [9.17, 15) is 14.4 Å². The van der Waals surface area contributed by atoms with Gasteiger partial charge in [-0.3, -0.25) is 25.2 Å². The topological polar surface area (TPSA) is 100 Å². The molecule has 8 heteroatoms. The highest BCUT2D eigenvalue weighted by atomic mass is 35.5. The van der Waals surface area contributed by atoms with Gasteiger partial charge in [-0.25, -0.2) is 4.98 Å². The Labute approximate surface area is 208 Å². The third kappa shape index (κ3) is 6.05. The highest BCUT2D eigenvalue weighted by molar-refractivity contribution is 6.34. The van der Waals surface area contributed by atoms with Gasteiger partial charge in [0, 0.05) is 28.8 Å². The summed E-state index contributed by atoms with van der Waals surface area (Å²) in [6.45, 7) is 3.66. The van der Waals surface area contributed by atoms with Crippen LogP contribution in [0.1, 0.15) is 55.8 Å². The van der Waals surface area contributed by atoms with Crippen molar-refractivity contribution in [2.24, 2.45) is 5.92 Å².